The molecule has 1 rings (SSSR count). The van der Waals surface area contributed by atoms with Gasteiger partial charge in [-0.05, 0) is 31.6 Å². The average molecular weight is 312 g/mol. The molecule has 2 heteroatoms. The van der Waals surface area contributed by atoms with E-state index in [-0.39, 0.29) is 5.92 Å². The monoisotopic (exact) mass is 312 g/mol. The van der Waals surface area contributed by atoms with E-state index >= 15 is 0 Å². The quantitative estimate of drug-likeness (QED) is 0.458. The van der Waals surface area contributed by atoms with Gasteiger partial charge in [-0.3, -0.25) is 0 Å². The Bertz CT molecular complexity index is 508. The van der Waals surface area contributed by atoms with Crippen LogP contribution in [0.5, 0.6) is 0 Å². The smallest absolute Gasteiger partial charge is 0.196 e. The minimum absolute atomic E-state index is 0.0382. The van der Waals surface area contributed by atoms with Gasteiger partial charge in [-0.25, -0.2) is 0 Å². The molecule has 0 aliphatic heterocycles. The summed E-state index contributed by atoms with van der Waals surface area (Å²) >= 11 is 0. The second-order valence-corrected chi connectivity index (χ2v) is 5.93. The van der Waals surface area contributed by atoms with Crippen molar-refractivity contribution >= 4 is 0 Å². The molecule has 1 aromatic carbocycles. The van der Waals surface area contributed by atoms with Gasteiger partial charge in [-0.15, -0.1) is 26.3 Å². The molecule has 2 N–H and O–H groups in total. The summed E-state index contributed by atoms with van der Waals surface area (Å²) in [5, 5.41) is 22.3. The maximum atomic E-state index is 11.2. The lowest BCUT2D eigenvalue weighted by atomic mass is 9.61. The summed E-state index contributed by atoms with van der Waals surface area (Å²) in [4.78, 5) is 0. The Kier molecular flexibility index (Phi) is 7.21. The molecule has 0 heterocycles. The van der Waals surface area contributed by atoms with Crippen LogP contribution in [0.2, 0.25) is 0 Å². The number of hydrogen-bond donors (Lipinski definition) is 2. The van der Waals surface area contributed by atoms with Crippen LogP contribution < -0.4 is 0 Å². The maximum Gasteiger partial charge on any atom is 0.196 e. The molecule has 0 saturated heterocycles. The van der Waals surface area contributed by atoms with Crippen molar-refractivity contribution in [2.45, 2.75) is 31.5 Å². The van der Waals surface area contributed by atoms with Crippen LogP contribution in [-0.4, -0.2) is 10.2 Å². The zero-order chi connectivity index (χ0) is 17.3. The first-order valence-corrected chi connectivity index (χ1v) is 7.94. The lowest BCUT2D eigenvalue weighted by Gasteiger charge is -2.48. The van der Waals surface area contributed by atoms with Crippen molar-refractivity contribution in [1.82, 2.24) is 0 Å². The lowest BCUT2D eigenvalue weighted by molar-refractivity contribution is -0.270. The van der Waals surface area contributed by atoms with Gasteiger partial charge in [-0.1, -0.05) is 54.6 Å². The number of allylic oxidation sites excluding steroid dienone is 4. The highest BCUT2D eigenvalue weighted by Crippen LogP contribution is 2.52. The molecule has 1 aromatic rings. The van der Waals surface area contributed by atoms with Crippen LogP contribution in [0, 0.1) is 11.3 Å². The first-order chi connectivity index (χ1) is 11.0. The van der Waals surface area contributed by atoms with Crippen LogP contribution in [0.3, 0.4) is 0 Å². The van der Waals surface area contributed by atoms with E-state index in [9.17, 15) is 10.2 Å². The molecule has 0 radical (unpaired) electrons. The van der Waals surface area contributed by atoms with Crippen molar-refractivity contribution in [2.24, 2.45) is 11.3 Å². The predicted octanol–water partition coefficient (Wildman–Crippen LogP) is 4.73. The van der Waals surface area contributed by atoms with E-state index in [1.54, 1.807) is 36.4 Å². The summed E-state index contributed by atoms with van der Waals surface area (Å²) in [5.74, 6) is -2.04. The van der Waals surface area contributed by atoms with Crippen molar-refractivity contribution in [1.29, 1.82) is 0 Å². The molecule has 0 aromatic heterocycles. The molecule has 0 bridgehead atoms. The fourth-order valence-electron chi connectivity index (χ4n) is 3.41. The SMILES string of the molecule is C=CCC(CC=C)C(CC=C)(CC=C)C(O)(O)c1ccccc1. The summed E-state index contributed by atoms with van der Waals surface area (Å²) in [7, 11) is 0. The van der Waals surface area contributed by atoms with Gasteiger partial charge >= 0.3 is 0 Å². The van der Waals surface area contributed by atoms with Gasteiger partial charge in [0, 0.05) is 11.0 Å². The van der Waals surface area contributed by atoms with Crippen LogP contribution in [0.25, 0.3) is 0 Å². The molecule has 0 atom stereocenters. The molecule has 0 aliphatic rings. The summed E-state index contributed by atoms with van der Waals surface area (Å²) in [6, 6.07) is 8.94. The van der Waals surface area contributed by atoms with Gasteiger partial charge in [0.15, 0.2) is 5.79 Å². The molecule has 23 heavy (non-hydrogen) atoms. The van der Waals surface area contributed by atoms with Gasteiger partial charge in [0.1, 0.15) is 0 Å². The van der Waals surface area contributed by atoms with Gasteiger partial charge in [0.25, 0.3) is 0 Å². The van der Waals surface area contributed by atoms with Crippen molar-refractivity contribution < 1.29 is 10.2 Å². The third-order valence-corrected chi connectivity index (χ3v) is 4.57. The van der Waals surface area contributed by atoms with Crippen LogP contribution in [0.4, 0.5) is 0 Å². The summed E-state index contributed by atoms with van der Waals surface area (Å²) < 4.78 is 0. The van der Waals surface area contributed by atoms with Gasteiger partial charge in [0.2, 0.25) is 0 Å². The van der Waals surface area contributed by atoms with Crippen LogP contribution >= 0.6 is 0 Å². The Balaban J connectivity index is 3.52. The standard InChI is InChI=1S/C21H28O2/c1-5-12-18(13-6-2)20(16-7-3,17-8-4)21(22,23)19-14-10-9-11-15-19/h5-11,14-15,18,22-23H,1-4,12-13,16-17H2. The Morgan fingerprint density at radius 2 is 1.30 bits per heavy atom. The van der Waals surface area contributed by atoms with E-state index in [0.29, 0.717) is 31.2 Å². The highest BCUT2D eigenvalue weighted by molar-refractivity contribution is 5.24. The average Bonchev–Trinajstić information content (AvgIpc) is 2.55. The van der Waals surface area contributed by atoms with Crippen LogP contribution in [0.15, 0.2) is 81.0 Å². The lowest BCUT2D eigenvalue weighted by Crippen LogP contribution is -2.50. The predicted molar refractivity (Wildman–Crippen MR) is 97.7 cm³/mol. The Labute approximate surface area is 140 Å². The molecule has 0 unspecified atom stereocenters. The van der Waals surface area contributed by atoms with E-state index < -0.39 is 11.2 Å². The third-order valence-electron chi connectivity index (χ3n) is 4.57. The molecule has 0 saturated carbocycles. The van der Waals surface area contributed by atoms with Gasteiger partial charge in [-0.2, -0.15) is 0 Å². The summed E-state index contributed by atoms with van der Waals surface area (Å²) in [6.45, 7) is 15.3. The first-order valence-electron chi connectivity index (χ1n) is 7.94. The summed E-state index contributed by atoms with van der Waals surface area (Å²) in [6.07, 6.45) is 9.33. The summed E-state index contributed by atoms with van der Waals surface area (Å²) in [5.41, 5.74) is -0.373. The van der Waals surface area contributed by atoms with E-state index in [4.69, 9.17) is 0 Å². The molecular formula is C21H28O2. The second kappa shape index (κ2) is 8.66. The molecule has 0 amide bonds. The largest absolute Gasteiger partial charge is 0.361 e. The number of benzene rings is 1. The molecular weight excluding hydrogens is 284 g/mol. The Hall–Kier alpha value is -1.90. The van der Waals surface area contributed by atoms with E-state index in [0.717, 1.165) is 0 Å². The first kappa shape index (κ1) is 19.1. The van der Waals surface area contributed by atoms with Crippen molar-refractivity contribution in [2.75, 3.05) is 0 Å². The molecule has 0 spiro atoms. The minimum atomic E-state index is -2.01. The minimum Gasteiger partial charge on any atom is -0.361 e. The fraction of sp³-hybridized carbons (Fsp3) is 0.333. The highest BCUT2D eigenvalue weighted by Gasteiger charge is 2.52. The maximum absolute atomic E-state index is 11.2. The zero-order valence-corrected chi connectivity index (χ0v) is 13.8. The Morgan fingerprint density at radius 3 is 1.70 bits per heavy atom. The van der Waals surface area contributed by atoms with Gasteiger partial charge < -0.3 is 10.2 Å². The van der Waals surface area contributed by atoms with E-state index in [2.05, 4.69) is 26.3 Å². The van der Waals surface area contributed by atoms with E-state index in [1.165, 1.54) is 0 Å². The topological polar surface area (TPSA) is 40.5 Å². The normalized spacial score (nSPS) is 12.0. The van der Waals surface area contributed by atoms with Gasteiger partial charge in [0.05, 0.1) is 0 Å². The van der Waals surface area contributed by atoms with Crippen molar-refractivity contribution in [3.05, 3.63) is 86.5 Å². The van der Waals surface area contributed by atoms with Crippen LogP contribution in [0.1, 0.15) is 31.2 Å². The molecule has 0 aliphatic carbocycles. The number of hydrogen-bond acceptors (Lipinski definition) is 2. The molecule has 0 fully saturated rings. The number of aliphatic hydroxyl groups is 2. The third kappa shape index (κ3) is 3.90. The number of rotatable bonds is 11. The zero-order valence-electron chi connectivity index (χ0n) is 13.8. The van der Waals surface area contributed by atoms with E-state index in [1.807, 2.05) is 18.2 Å². The van der Waals surface area contributed by atoms with Crippen LogP contribution in [-0.2, 0) is 5.79 Å². The molecule has 2 nitrogen and oxygen atoms in total. The van der Waals surface area contributed by atoms with Crippen molar-refractivity contribution in [3.8, 4) is 0 Å². The highest BCUT2D eigenvalue weighted by atomic mass is 16.5. The Morgan fingerprint density at radius 1 is 0.826 bits per heavy atom. The second-order valence-electron chi connectivity index (χ2n) is 5.93. The molecule has 124 valence electrons. The van der Waals surface area contributed by atoms with Crippen molar-refractivity contribution in [3.63, 3.8) is 0 Å². The fourth-order valence-corrected chi connectivity index (χ4v) is 3.41.